The van der Waals surface area contributed by atoms with Gasteiger partial charge in [0.15, 0.2) is 0 Å². The van der Waals surface area contributed by atoms with Crippen LogP contribution in [0.2, 0.25) is 0 Å². The van der Waals surface area contributed by atoms with Crippen molar-refractivity contribution >= 4 is 44.4 Å². The van der Waals surface area contributed by atoms with Crippen molar-refractivity contribution in [3.05, 3.63) is 67.7 Å². The Labute approximate surface area is 134 Å². The Morgan fingerprint density at radius 3 is 2.58 bits per heavy atom. The first-order chi connectivity index (χ1) is 9.08. The van der Waals surface area contributed by atoms with Crippen molar-refractivity contribution in [3.63, 3.8) is 0 Å². The molecular weight excluding hydrogens is 417 g/mol. The zero-order valence-corrected chi connectivity index (χ0v) is 14.1. The zero-order chi connectivity index (χ0) is 13.8. The summed E-state index contributed by atoms with van der Waals surface area (Å²) >= 11 is 5.56. The highest BCUT2D eigenvalue weighted by Gasteiger charge is 2.14. The fourth-order valence-electron chi connectivity index (χ4n) is 1.77. The van der Waals surface area contributed by atoms with Gasteiger partial charge in [-0.1, -0.05) is 46.3 Å². The number of benzene rings is 2. The maximum Gasteiger partial charge on any atom is 0.252 e. The van der Waals surface area contributed by atoms with Gasteiger partial charge in [0.1, 0.15) is 0 Å². The van der Waals surface area contributed by atoms with E-state index in [2.05, 4.69) is 43.8 Å². The van der Waals surface area contributed by atoms with Gasteiger partial charge in [0.2, 0.25) is 0 Å². The molecule has 0 aliphatic rings. The second-order valence-electron chi connectivity index (χ2n) is 4.23. The molecule has 2 aromatic carbocycles. The van der Waals surface area contributed by atoms with Gasteiger partial charge in [0.05, 0.1) is 11.6 Å². The van der Waals surface area contributed by atoms with E-state index in [4.69, 9.17) is 0 Å². The number of halogens is 2. The maximum atomic E-state index is 12.3. The lowest BCUT2D eigenvalue weighted by Gasteiger charge is -2.15. The number of amides is 1. The van der Waals surface area contributed by atoms with Crippen LogP contribution in [0.25, 0.3) is 0 Å². The molecule has 0 fully saturated rings. The van der Waals surface area contributed by atoms with Crippen LogP contribution in [0.15, 0.2) is 53.0 Å². The molecule has 98 valence electrons. The van der Waals surface area contributed by atoms with Crippen LogP contribution in [0.3, 0.4) is 0 Å². The Kier molecular flexibility index (Phi) is 4.99. The van der Waals surface area contributed by atoms with Crippen LogP contribution in [0.4, 0.5) is 0 Å². The van der Waals surface area contributed by atoms with Gasteiger partial charge in [-0.25, -0.2) is 0 Å². The van der Waals surface area contributed by atoms with E-state index in [9.17, 15) is 4.79 Å². The van der Waals surface area contributed by atoms with Gasteiger partial charge in [0, 0.05) is 8.04 Å². The number of carbonyl (C=O) groups is 1. The average molecular weight is 430 g/mol. The fourth-order valence-corrected chi connectivity index (χ4v) is 2.71. The zero-order valence-electron chi connectivity index (χ0n) is 10.4. The van der Waals surface area contributed by atoms with Crippen LogP contribution >= 0.6 is 38.5 Å². The SMILES string of the molecule is CC(NC(=O)c1cc(Br)ccc1I)c1ccccc1. The maximum absolute atomic E-state index is 12.3. The summed E-state index contributed by atoms with van der Waals surface area (Å²) < 4.78 is 1.85. The van der Waals surface area contributed by atoms with E-state index in [0.717, 1.165) is 13.6 Å². The molecule has 1 unspecified atom stereocenters. The van der Waals surface area contributed by atoms with E-state index >= 15 is 0 Å². The summed E-state index contributed by atoms with van der Waals surface area (Å²) in [7, 11) is 0. The second kappa shape index (κ2) is 6.52. The highest BCUT2D eigenvalue weighted by atomic mass is 127. The smallest absolute Gasteiger partial charge is 0.252 e. The summed E-state index contributed by atoms with van der Waals surface area (Å²) in [6.07, 6.45) is 0. The minimum atomic E-state index is -0.0537. The van der Waals surface area contributed by atoms with Gasteiger partial charge in [-0.15, -0.1) is 0 Å². The number of carbonyl (C=O) groups excluding carboxylic acids is 1. The van der Waals surface area contributed by atoms with Crippen molar-refractivity contribution in [2.75, 3.05) is 0 Å². The largest absolute Gasteiger partial charge is 0.345 e. The lowest BCUT2D eigenvalue weighted by molar-refractivity contribution is 0.0939. The first kappa shape index (κ1) is 14.5. The van der Waals surface area contributed by atoms with E-state index in [0.29, 0.717) is 5.56 Å². The molecule has 2 rings (SSSR count). The summed E-state index contributed by atoms with van der Waals surface area (Å²) in [5.41, 5.74) is 1.79. The van der Waals surface area contributed by atoms with Gasteiger partial charge in [-0.2, -0.15) is 0 Å². The standard InChI is InChI=1S/C15H13BrINO/c1-10(11-5-3-2-4-6-11)18-15(19)13-9-12(16)7-8-14(13)17/h2-10H,1H3,(H,18,19). The van der Waals surface area contributed by atoms with E-state index < -0.39 is 0 Å². The second-order valence-corrected chi connectivity index (χ2v) is 6.31. The van der Waals surface area contributed by atoms with Crippen molar-refractivity contribution in [1.82, 2.24) is 5.32 Å². The van der Waals surface area contributed by atoms with Gasteiger partial charge < -0.3 is 5.32 Å². The molecule has 0 radical (unpaired) electrons. The van der Waals surface area contributed by atoms with Gasteiger partial charge in [-0.3, -0.25) is 4.79 Å². The molecule has 0 aliphatic carbocycles. The first-order valence-corrected chi connectivity index (χ1v) is 7.76. The molecule has 1 N–H and O–H groups in total. The minimum Gasteiger partial charge on any atom is -0.345 e. The summed E-state index contributed by atoms with van der Waals surface area (Å²) in [5, 5.41) is 3.02. The number of rotatable bonds is 3. The third-order valence-electron chi connectivity index (χ3n) is 2.82. The molecule has 0 bridgehead atoms. The van der Waals surface area contributed by atoms with Crippen molar-refractivity contribution in [2.45, 2.75) is 13.0 Å². The highest BCUT2D eigenvalue weighted by molar-refractivity contribution is 14.1. The Bertz CT molecular complexity index is 586. The van der Waals surface area contributed by atoms with E-state index in [-0.39, 0.29) is 11.9 Å². The minimum absolute atomic E-state index is 0.0107. The molecule has 0 saturated carbocycles. The molecule has 0 aromatic heterocycles. The van der Waals surface area contributed by atoms with Gasteiger partial charge >= 0.3 is 0 Å². The van der Waals surface area contributed by atoms with Gasteiger partial charge in [0.25, 0.3) is 5.91 Å². The van der Waals surface area contributed by atoms with Crippen LogP contribution < -0.4 is 5.32 Å². The molecule has 1 atom stereocenters. The molecule has 2 aromatic rings. The Morgan fingerprint density at radius 2 is 1.89 bits per heavy atom. The molecule has 4 heteroatoms. The van der Waals surface area contributed by atoms with Crippen LogP contribution in [0.5, 0.6) is 0 Å². The number of nitrogens with one attached hydrogen (secondary N) is 1. The van der Waals surface area contributed by atoms with E-state index in [1.54, 1.807) is 0 Å². The molecule has 19 heavy (non-hydrogen) atoms. The predicted molar refractivity (Wildman–Crippen MR) is 89.2 cm³/mol. The summed E-state index contributed by atoms with van der Waals surface area (Å²) in [4.78, 5) is 12.3. The van der Waals surface area contributed by atoms with Crippen molar-refractivity contribution in [3.8, 4) is 0 Å². The molecule has 2 nitrogen and oxygen atoms in total. The summed E-state index contributed by atoms with van der Waals surface area (Å²) in [6, 6.07) is 15.6. The molecule has 1 amide bonds. The van der Waals surface area contributed by atoms with Crippen LogP contribution in [0, 0.1) is 3.57 Å². The van der Waals surface area contributed by atoms with Crippen molar-refractivity contribution < 1.29 is 4.79 Å². The molecule has 0 heterocycles. The Balaban J connectivity index is 2.15. The Hall–Kier alpha value is -0.880. The Morgan fingerprint density at radius 1 is 1.21 bits per heavy atom. The third-order valence-corrected chi connectivity index (χ3v) is 4.25. The van der Waals surface area contributed by atoms with Crippen LogP contribution in [-0.2, 0) is 0 Å². The van der Waals surface area contributed by atoms with Crippen LogP contribution in [0.1, 0.15) is 28.9 Å². The lowest BCUT2D eigenvalue weighted by Crippen LogP contribution is -2.27. The van der Waals surface area contributed by atoms with E-state index in [1.807, 2.05) is 55.5 Å². The van der Waals surface area contributed by atoms with Crippen molar-refractivity contribution in [2.24, 2.45) is 0 Å². The molecule has 0 saturated heterocycles. The number of hydrogen-bond donors (Lipinski definition) is 1. The monoisotopic (exact) mass is 429 g/mol. The molecule has 0 aliphatic heterocycles. The normalized spacial score (nSPS) is 11.9. The molecule has 0 spiro atoms. The molecular formula is C15H13BrINO. The third kappa shape index (κ3) is 3.79. The van der Waals surface area contributed by atoms with E-state index in [1.165, 1.54) is 0 Å². The fraction of sp³-hybridized carbons (Fsp3) is 0.133. The highest BCUT2D eigenvalue weighted by Crippen LogP contribution is 2.20. The summed E-state index contributed by atoms with van der Waals surface area (Å²) in [6.45, 7) is 1.98. The summed E-state index contributed by atoms with van der Waals surface area (Å²) in [5.74, 6) is -0.0537. The van der Waals surface area contributed by atoms with Gasteiger partial charge in [-0.05, 0) is 53.3 Å². The quantitative estimate of drug-likeness (QED) is 0.712. The average Bonchev–Trinajstić information content (AvgIpc) is 2.42. The van der Waals surface area contributed by atoms with Crippen molar-refractivity contribution in [1.29, 1.82) is 0 Å². The predicted octanol–water partition coefficient (Wildman–Crippen LogP) is 4.54. The lowest BCUT2D eigenvalue weighted by atomic mass is 10.1. The topological polar surface area (TPSA) is 29.1 Å². The van der Waals surface area contributed by atoms with Crippen LogP contribution in [-0.4, -0.2) is 5.91 Å². The first-order valence-electron chi connectivity index (χ1n) is 5.89. The number of hydrogen-bond acceptors (Lipinski definition) is 1.